The third-order valence-electron chi connectivity index (χ3n) is 5.83. The van der Waals surface area contributed by atoms with Gasteiger partial charge < -0.3 is 24.1 Å². The number of methoxy groups -OCH3 is 4. The lowest BCUT2D eigenvalue weighted by molar-refractivity contribution is -0.120. The van der Waals surface area contributed by atoms with Crippen molar-refractivity contribution in [3.8, 4) is 17.2 Å². The summed E-state index contributed by atoms with van der Waals surface area (Å²) in [5.74, 6) is -0.493. The third kappa shape index (κ3) is 3.14. The maximum Gasteiger partial charge on any atom is 0.232 e. The zero-order valence-electron chi connectivity index (χ0n) is 17.5. The van der Waals surface area contributed by atoms with E-state index >= 15 is 0 Å². The third-order valence-corrected chi connectivity index (χ3v) is 5.83. The Morgan fingerprint density at radius 2 is 1.38 bits per heavy atom. The molecule has 0 radical (unpaired) electrons. The van der Waals surface area contributed by atoms with Gasteiger partial charge in [-0.1, -0.05) is 13.8 Å². The first kappa shape index (κ1) is 20.8. The highest BCUT2D eigenvalue weighted by atomic mass is 16.5. The molecule has 0 aliphatic heterocycles. The van der Waals surface area contributed by atoms with Gasteiger partial charge in [0.25, 0.3) is 0 Å². The molecule has 2 aliphatic rings. The molecule has 0 bridgehead atoms. The van der Waals surface area contributed by atoms with Crippen LogP contribution in [0.15, 0.2) is 23.2 Å². The topological polar surface area (TPSA) is 91.3 Å². The van der Waals surface area contributed by atoms with E-state index in [2.05, 4.69) is 6.92 Å². The van der Waals surface area contributed by atoms with Crippen molar-refractivity contribution in [2.45, 2.75) is 26.7 Å². The highest BCUT2D eigenvalue weighted by molar-refractivity contribution is 6.39. The Hall–Kier alpha value is -2.96. The average molecular weight is 402 g/mol. The lowest BCUT2D eigenvalue weighted by atomic mass is 9.74. The molecule has 0 spiro atoms. The fourth-order valence-electron chi connectivity index (χ4n) is 4.11. The lowest BCUT2D eigenvalue weighted by Crippen LogP contribution is -2.29. The van der Waals surface area contributed by atoms with Crippen LogP contribution in [0, 0.1) is 11.8 Å². The van der Waals surface area contributed by atoms with Crippen molar-refractivity contribution >= 4 is 17.1 Å². The molecule has 156 valence electrons. The van der Waals surface area contributed by atoms with Gasteiger partial charge in [-0.3, -0.25) is 9.59 Å². The maximum atomic E-state index is 13.4. The molecular formula is C22H26O7. The first-order valence-electron chi connectivity index (χ1n) is 9.42. The van der Waals surface area contributed by atoms with E-state index in [4.69, 9.17) is 18.9 Å². The van der Waals surface area contributed by atoms with Gasteiger partial charge in [-0.15, -0.1) is 0 Å². The first-order chi connectivity index (χ1) is 13.8. The Bertz CT molecular complexity index is 939. The smallest absolute Gasteiger partial charge is 0.232 e. The average Bonchev–Trinajstić information content (AvgIpc) is 2.69. The number of ether oxygens (including phenoxy) is 4. The van der Waals surface area contributed by atoms with Crippen LogP contribution in [-0.4, -0.2) is 45.1 Å². The minimum Gasteiger partial charge on any atom is -0.504 e. The monoisotopic (exact) mass is 402 g/mol. The number of rotatable bonds is 4. The zero-order valence-corrected chi connectivity index (χ0v) is 17.5. The number of carbonyl (C=O) groups is 2. The van der Waals surface area contributed by atoms with Gasteiger partial charge in [0, 0.05) is 16.7 Å². The van der Waals surface area contributed by atoms with Crippen LogP contribution in [0.5, 0.6) is 17.2 Å². The molecule has 1 aromatic rings. The van der Waals surface area contributed by atoms with Crippen molar-refractivity contribution < 1.29 is 33.6 Å². The number of carbonyl (C=O) groups excluding carboxylic acids is 2. The summed E-state index contributed by atoms with van der Waals surface area (Å²) in [5, 5.41) is 10.5. The van der Waals surface area contributed by atoms with Crippen molar-refractivity contribution in [3.05, 3.63) is 34.3 Å². The summed E-state index contributed by atoms with van der Waals surface area (Å²) in [4.78, 5) is 26.7. The van der Waals surface area contributed by atoms with Crippen molar-refractivity contribution in [2.75, 3.05) is 28.4 Å². The molecule has 29 heavy (non-hydrogen) atoms. The summed E-state index contributed by atoms with van der Waals surface area (Å²) >= 11 is 0. The Balaban J connectivity index is 2.43. The van der Waals surface area contributed by atoms with Crippen LogP contribution in [0.3, 0.4) is 0 Å². The number of fused-ring (bicyclic) bond motifs is 2. The second-order valence-electron chi connectivity index (χ2n) is 7.44. The van der Waals surface area contributed by atoms with E-state index in [1.54, 1.807) is 6.07 Å². The van der Waals surface area contributed by atoms with E-state index in [0.29, 0.717) is 29.5 Å². The Morgan fingerprint density at radius 3 is 1.93 bits per heavy atom. The molecule has 0 aromatic heterocycles. The van der Waals surface area contributed by atoms with Gasteiger partial charge in [-0.2, -0.15) is 0 Å². The van der Waals surface area contributed by atoms with Crippen LogP contribution >= 0.6 is 0 Å². The SMILES string of the molecule is COC1=C(OC)C(=O)C2=C(C[C@H](C)[C@H](C)Cc3cc(O)c(OC)c(OC)c32)C1=O. The van der Waals surface area contributed by atoms with Crippen LogP contribution in [0.1, 0.15) is 31.4 Å². The van der Waals surface area contributed by atoms with Crippen LogP contribution in [-0.2, 0) is 25.5 Å². The van der Waals surface area contributed by atoms with Crippen molar-refractivity contribution in [2.24, 2.45) is 11.8 Å². The van der Waals surface area contributed by atoms with Gasteiger partial charge >= 0.3 is 0 Å². The molecule has 0 heterocycles. The summed E-state index contributed by atoms with van der Waals surface area (Å²) in [6.07, 6.45) is 1.02. The van der Waals surface area contributed by atoms with Crippen LogP contribution in [0.25, 0.3) is 5.57 Å². The molecule has 3 rings (SSSR count). The van der Waals surface area contributed by atoms with E-state index in [1.165, 1.54) is 28.4 Å². The molecule has 0 unspecified atom stereocenters. The number of hydrogen-bond donors (Lipinski definition) is 1. The van der Waals surface area contributed by atoms with Crippen LogP contribution < -0.4 is 9.47 Å². The molecular weight excluding hydrogens is 376 g/mol. The van der Waals surface area contributed by atoms with E-state index in [0.717, 1.165) is 0 Å². The molecule has 0 saturated carbocycles. The second kappa shape index (κ2) is 7.81. The van der Waals surface area contributed by atoms with Crippen LogP contribution in [0.2, 0.25) is 0 Å². The number of phenols is 1. The molecule has 0 fully saturated rings. The van der Waals surface area contributed by atoms with Crippen molar-refractivity contribution in [3.63, 3.8) is 0 Å². The molecule has 0 saturated heterocycles. The molecule has 1 aromatic carbocycles. The number of Topliss-reactive ketones (excluding diaryl/α,β-unsaturated/α-hetero) is 2. The normalized spacial score (nSPS) is 21.9. The predicted octanol–water partition coefficient (Wildman–Crippen LogP) is 3.04. The standard InChI is InChI=1S/C22H26O7/c1-10-7-12-9-14(23)19(26-3)20(27-4)15(12)16-13(8-11(10)2)17(24)21(28-5)22(29-6)18(16)25/h9-11,23H,7-8H2,1-6H3/t10-,11+/m1/s1. The summed E-state index contributed by atoms with van der Waals surface area (Å²) in [5.41, 5.74) is 1.75. The van der Waals surface area contributed by atoms with Gasteiger partial charge in [0.1, 0.15) is 0 Å². The number of benzene rings is 1. The predicted molar refractivity (Wildman–Crippen MR) is 106 cm³/mol. The van der Waals surface area contributed by atoms with Gasteiger partial charge in [-0.05, 0) is 36.3 Å². The highest BCUT2D eigenvalue weighted by Crippen LogP contribution is 2.49. The number of phenolic OH excluding ortho intramolecular Hbond substituents is 1. The zero-order chi connectivity index (χ0) is 21.5. The molecule has 2 aliphatic carbocycles. The fourth-order valence-corrected chi connectivity index (χ4v) is 4.11. The molecule has 1 N–H and O–H groups in total. The number of ketones is 2. The van der Waals surface area contributed by atoms with Crippen molar-refractivity contribution in [1.29, 1.82) is 0 Å². The minimum atomic E-state index is -0.451. The Morgan fingerprint density at radius 1 is 0.828 bits per heavy atom. The van der Waals surface area contributed by atoms with E-state index in [9.17, 15) is 14.7 Å². The number of aromatic hydroxyl groups is 1. The molecule has 2 atom stereocenters. The van der Waals surface area contributed by atoms with E-state index < -0.39 is 5.78 Å². The largest absolute Gasteiger partial charge is 0.504 e. The summed E-state index contributed by atoms with van der Waals surface area (Å²) in [7, 11) is 5.51. The Labute approximate surface area is 169 Å². The summed E-state index contributed by atoms with van der Waals surface area (Å²) in [6.45, 7) is 4.12. The molecule has 0 amide bonds. The van der Waals surface area contributed by atoms with Gasteiger partial charge in [-0.25, -0.2) is 0 Å². The fraction of sp³-hybridized carbons (Fsp3) is 0.455. The Kier molecular flexibility index (Phi) is 5.59. The lowest BCUT2D eigenvalue weighted by Gasteiger charge is -2.31. The van der Waals surface area contributed by atoms with Gasteiger partial charge in [0.15, 0.2) is 11.5 Å². The number of allylic oxidation sites excluding steroid dienone is 2. The molecule has 7 nitrogen and oxygen atoms in total. The number of hydrogen-bond acceptors (Lipinski definition) is 7. The van der Waals surface area contributed by atoms with Crippen LogP contribution in [0.4, 0.5) is 0 Å². The highest BCUT2D eigenvalue weighted by Gasteiger charge is 2.42. The first-order valence-corrected chi connectivity index (χ1v) is 9.42. The summed E-state index contributed by atoms with van der Waals surface area (Å²) in [6, 6.07) is 1.58. The maximum absolute atomic E-state index is 13.4. The second-order valence-corrected chi connectivity index (χ2v) is 7.44. The van der Waals surface area contributed by atoms with Crippen molar-refractivity contribution in [1.82, 2.24) is 0 Å². The summed E-state index contributed by atoms with van der Waals surface area (Å²) < 4.78 is 21.4. The molecule has 7 heteroatoms. The quantitative estimate of drug-likeness (QED) is 0.774. The van der Waals surface area contributed by atoms with E-state index in [-0.39, 0.29) is 52.0 Å². The minimum absolute atomic E-state index is 0.0830. The van der Waals surface area contributed by atoms with E-state index in [1.807, 2.05) is 6.92 Å². The van der Waals surface area contributed by atoms with Gasteiger partial charge in [0.05, 0.1) is 28.4 Å². The van der Waals surface area contributed by atoms with Gasteiger partial charge in [0.2, 0.25) is 28.8 Å².